The molecule has 0 radical (unpaired) electrons. The van der Waals surface area contributed by atoms with Crippen LogP contribution in [0.5, 0.6) is 0 Å². The van der Waals surface area contributed by atoms with Crippen molar-refractivity contribution in [3.05, 3.63) is 0 Å². The molecule has 0 fully saturated rings. The number of alkyl carbamates (subject to hydrolysis) is 1. The number of rotatable bonds is 2. The molecule has 0 atom stereocenters. The fourth-order valence-corrected chi connectivity index (χ4v) is 0.462. The molecular weight excluding hydrogens is 165 g/mol. The maximum absolute atomic E-state index is 10.8. The number of nitrogens with one attached hydrogen (secondary N) is 1. The molecule has 70 valence electrons. The van der Waals surface area contributed by atoms with E-state index in [1.807, 2.05) is 0 Å². The van der Waals surface area contributed by atoms with Gasteiger partial charge in [0.15, 0.2) is 0 Å². The van der Waals surface area contributed by atoms with Crippen LogP contribution < -0.4 is 5.32 Å². The molecule has 2 N–H and O–H groups in total. The van der Waals surface area contributed by atoms with E-state index in [9.17, 15) is 9.59 Å². The Morgan fingerprint density at radius 3 is 2.25 bits per heavy atom. The third-order valence-corrected chi connectivity index (χ3v) is 0.783. The van der Waals surface area contributed by atoms with Gasteiger partial charge in [-0.3, -0.25) is 4.79 Å². The standard InChI is InChI=1S/C7H13NO4/c1-7(2,3)12-6(11)8-4-5(9)10/h4H2,1-3H3,(H,8,11)(H,9,10)/i4+1,5+1,8+1. The van der Waals surface area contributed by atoms with Crippen molar-refractivity contribution in [2.45, 2.75) is 26.4 Å². The number of carboxylic acids is 1. The molecule has 0 aromatic carbocycles. The van der Waals surface area contributed by atoms with Crippen LogP contribution >= 0.6 is 0 Å². The van der Waals surface area contributed by atoms with Crippen molar-refractivity contribution in [2.24, 2.45) is 0 Å². The second-order valence-corrected chi connectivity index (χ2v) is 3.25. The van der Waals surface area contributed by atoms with Gasteiger partial charge in [0.05, 0.1) is 0 Å². The molecule has 0 aliphatic carbocycles. The molecule has 0 saturated heterocycles. The lowest BCUT2D eigenvalue weighted by atomic mass is 10.2. The van der Waals surface area contributed by atoms with Gasteiger partial charge in [0, 0.05) is 0 Å². The third-order valence-electron chi connectivity index (χ3n) is 0.783. The van der Waals surface area contributed by atoms with Crippen LogP contribution in [0, 0.1) is 0 Å². The Hall–Kier alpha value is -1.26. The van der Waals surface area contributed by atoms with Crippen molar-refractivity contribution in [3.8, 4) is 0 Å². The van der Waals surface area contributed by atoms with Crippen LogP contribution in [0.1, 0.15) is 20.8 Å². The Morgan fingerprint density at radius 1 is 1.42 bits per heavy atom. The van der Waals surface area contributed by atoms with E-state index >= 15 is 0 Å². The molecule has 12 heavy (non-hydrogen) atoms. The highest BCUT2D eigenvalue weighted by Gasteiger charge is 2.15. The van der Waals surface area contributed by atoms with Gasteiger partial charge in [-0.15, -0.1) is 0 Å². The maximum Gasteiger partial charge on any atom is 0.408 e. The Bertz CT molecular complexity index is 182. The second-order valence-electron chi connectivity index (χ2n) is 3.25. The number of hydrogen-bond donors (Lipinski definition) is 2. The molecule has 5 nitrogen and oxygen atoms in total. The van der Waals surface area contributed by atoms with Crippen molar-refractivity contribution in [3.63, 3.8) is 0 Å². The summed E-state index contributed by atoms with van der Waals surface area (Å²) in [5.41, 5.74) is -0.595. The lowest BCUT2D eigenvalue weighted by molar-refractivity contribution is -0.136. The first-order chi connectivity index (χ1) is 5.31. The summed E-state index contributed by atoms with van der Waals surface area (Å²) in [4.78, 5) is 20.8. The molecule has 5 heteroatoms. The third kappa shape index (κ3) is 6.85. The molecule has 0 unspecified atom stereocenters. The van der Waals surface area contributed by atoms with Gasteiger partial charge in [0.1, 0.15) is 12.1 Å². The Balaban J connectivity index is 3.68. The summed E-state index contributed by atoms with van der Waals surface area (Å²) in [6, 6.07) is 0. The zero-order valence-corrected chi connectivity index (χ0v) is 7.38. The summed E-state index contributed by atoms with van der Waals surface area (Å²) in [5, 5.41) is 10.3. The average Bonchev–Trinajstić information content (AvgIpc) is 1.79. The molecule has 0 aromatic heterocycles. The lowest BCUT2D eigenvalue weighted by Gasteiger charge is -2.19. The first-order valence-electron chi connectivity index (χ1n) is 3.50. The fraction of sp³-hybridized carbons (Fsp3) is 0.714. The molecule has 0 saturated carbocycles. The van der Waals surface area contributed by atoms with Gasteiger partial charge in [-0.25, -0.2) is 4.79 Å². The number of hydrogen-bond acceptors (Lipinski definition) is 3. The minimum atomic E-state index is -1.10. The van der Waals surface area contributed by atoms with E-state index < -0.39 is 24.2 Å². The number of carboxylic acid groups (broad SMARTS) is 1. The predicted octanol–water partition coefficient (Wildman–Crippen LogP) is 0.596. The zero-order valence-electron chi connectivity index (χ0n) is 7.38. The van der Waals surface area contributed by atoms with Gasteiger partial charge < -0.3 is 15.2 Å². The van der Waals surface area contributed by atoms with E-state index in [-0.39, 0.29) is 0 Å². The van der Waals surface area contributed by atoms with Gasteiger partial charge in [-0.1, -0.05) is 0 Å². The van der Waals surface area contributed by atoms with Gasteiger partial charge >= 0.3 is 12.1 Å². The maximum atomic E-state index is 10.8. The van der Waals surface area contributed by atoms with Gasteiger partial charge in [-0.2, -0.15) is 0 Å². The van der Waals surface area contributed by atoms with Crippen LogP contribution in [-0.2, 0) is 9.53 Å². The fourth-order valence-electron chi connectivity index (χ4n) is 0.462. The van der Waals surface area contributed by atoms with E-state index in [2.05, 4.69) is 5.32 Å². The molecule has 0 aliphatic rings. The van der Waals surface area contributed by atoms with Crippen molar-refractivity contribution < 1.29 is 19.4 Å². The van der Waals surface area contributed by atoms with E-state index in [0.29, 0.717) is 0 Å². The Labute approximate surface area is 70.7 Å². The lowest BCUT2D eigenvalue weighted by Crippen LogP contribution is -2.35. The molecule has 1 amide bonds. The molecule has 0 aliphatic heterocycles. The summed E-state index contributed by atoms with van der Waals surface area (Å²) in [7, 11) is 0. The number of amides is 1. The molecule has 0 rings (SSSR count). The van der Waals surface area contributed by atoms with E-state index in [0.717, 1.165) is 0 Å². The van der Waals surface area contributed by atoms with Crippen molar-refractivity contribution in [1.29, 1.82) is 0 Å². The van der Waals surface area contributed by atoms with Gasteiger partial charge in [-0.05, 0) is 20.8 Å². The van der Waals surface area contributed by atoms with Gasteiger partial charge in [0.2, 0.25) is 0 Å². The number of aliphatic carboxylic acids is 1. The highest BCUT2D eigenvalue weighted by molar-refractivity contribution is 5.76. The molecule has 0 heterocycles. The topological polar surface area (TPSA) is 75.6 Å². The van der Waals surface area contributed by atoms with Crippen LogP contribution in [0.15, 0.2) is 0 Å². The summed E-state index contributed by atoms with van der Waals surface area (Å²) in [6.45, 7) is 4.68. The predicted molar refractivity (Wildman–Crippen MR) is 41.9 cm³/mol. The summed E-state index contributed by atoms with van der Waals surface area (Å²) in [5.74, 6) is -1.10. The van der Waals surface area contributed by atoms with Gasteiger partial charge in [0.25, 0.3) is 0 Å². The molecule has 0 bridgehead atoms. The first-order valence-corrected chi connectivity index (χ1v) is 3.50. The Kier molecular flexibility index (Phi) is 3.53. The number of ether oxygens (including phenoxy) is 1. The summed E-state index contributed by atoms with van der Waals surface area (Å²) >= 11 is 0. The number of carbonyl (C=O) groups excluding carboxylic acids is 1. The average molecular weight is 178 g/mol. The normalized spacial score (nSPS) is 10.6. The second kappa shape index (κ2) is 3.94. The quantitative estimate of drug-likeness (QED) is 0.479. The smallest absolute Gasteiger partial charge is 0.408 e. The minimum absolute atomic E-state index is 0.422. The van der Waals surface area contributed by atoms with E-state index in [4.69, 9.17) is 9.84 Å². The SMILES string of the molecule is CC(C)(C)OC(=O)[15NH][13CH2][13C](=O)O. The zero-order chi connectivity index (χ0) is 9.78. The van der Waals surface area contributed by atoms with Crippen LogP contribution in [0.3, 0.4) is 0 Å². The van der Waals surface area contributed by atoms with Crippen LogP contribution in [0.25, 0.3) is 0 Å². The van der Waals surface area contributed by atoms with Crippen molar-refractivity contribution >= 4 is 12.1 Å². The highest BCUT2D eigenvalue weighted by atomic mass is 16.6. The highest BCUT2D eigenvalue weighted by Crippen LogP contribution is 2.05. The van der Waals surface area contributed by atoms with E-state index in [1.165, 1.54) is 0 Å². The van der Waals surface area contributed by atoms with Crippen LogP contribution in [-0.4, -0.2) is 29.3 Å². The van der Waals surface area contributed by atoms with Crippen LogP contribution in [0.4, 0.5) is 4.79 Å². The monoisotopic (exact) mass is 178 g/mol. The van der Waals surface area contributed by atoms with E-state index in [1.54, 1.807) is 20.8 Å². The van der Waals surface area contributed by atoms with Crippen LogP contribution in [0.2, 0.25) is 0 Å². The Morgan fingerprint density at radius 2 is 1.92 bits per heavy atom. The summed E-state index contributed by atoms with van der Waals surface area (Å²) in [6.07, 6.45) is -0.718. The number of carbonyl (C=O) groups is 2. The molecule has 0 aromatic rings. The molecule has 0 spiro atoms. The minimum Gasteiger partial charge on any atom is -0.480 e. The summed E-state index contributed by atoms with van der Waals surface area (Å²) < 4.78 is 4.77. The first kappa shape index (κ1) is 10.7. The molecular formula is C7H13NO4. The van der Waals surface area contributed by atoms with Crippen molar-refractivity contribution in [1.82, 2.24) is 5.32 Å². The van der Waals surface area contributed by atoms with Crippen molar-refractivity contribution in [2.75, 3.05) is 6.54 Å². The largest absolute Gasteiger partial charge is 0.480 e.